The van der Waals surface area contributed by atoms with Crippen molar-refractivity contribution in [3.8, 4) is 11.4 Å². The number of aryl methyl sites for hydroxylation is 1. The molecule has 0 unspecified atom stereocenters. The second-order valence-electron chi connectivity index (χ2n) is 4.67. The molecule has 0 fully saturated rings. The van der Waals surface area contributed by atoms with Gasteiger partial charge in [-0.15, -0.1) is 10.2 Å². The van der Waals surface area contributed by atoms with Gasteiger partial charge in [-0.3, -0.25) is 4.79 Å². The first kappa shape index (κ1) is 17.1. The van der Waals surface area contributed by atoms with Crippen LogP contribution in [0.4, 0.5) is 13.2 Å². The summed E-state index contributed by atoms with van der Waals surface area (Å²) in [5, 5.41) is 9.85. The summed E-state index contributed by atoms with van der Waals surface area (Å²) in [5.74, 6) is 5.32. The van der Waals surface area contributed by atoms with Gasteiger partial charge in [0.05, 0.1) is 5.75 Å². The highest BCUT2D eigenvalue weighted by Crippen LogP contribution is 2.24. The maximum absolute atomic E-state index is 12.0. The van der Waals surface area contributed by atoms with Crippen LogP contribution in [0.1, 0.15) is 5.56 Å². The van der Waals surface area contributed by atoms with Crippen LogP contribution in [0.25, 0.3) is 11.4 Å². The van der Waals surface area contributed by atoms with Crippen LogP contribution in [0.2, 0.25) is 0 Å². The third-order valence-electron chi connectivity index (χ3n) is 2.87. The molecule has 1 amide bonds. The number of nitrogen functional groups attached to an aromatic ring is 1. The third kappa shape index (κ3) is 4.62. The van der Waals surface area contributed by atoms with Crippen molar-refractivity contribution >= 4 is 17.7 Å². The lowest BCUT2D eigenvalue weighted by molar-refractivity contribution is -0.136. The van der Waals surface area contributed by atoms with Crippen molar-refractivity contribution < 1.29 is 18.0 Å². The number of hydrogen-bond donors (Lipinski definition) is 2. The van der Waals surface area contributed by atoms with Crippen LogP contribution in [0.5, 0.6) is 0 Å². The molecule has 0 atom stereocenters. The Hall–Kier alpha value is -2.23. The zero-order chi connectivity index (χ0) is 17.0. The number of alkyl halides is 3. The molecular formula is C13H14F3N5OS. The second-order valence-corrected chi connectivity index (χ2v) is 5.61. The summed E-state index contributed by atoms with van der Waals surface area (Å²) < 4.78 is 37.2. The maximum Gasteiger partial charge on any atom is 0.405 e. The molecule has 124 valence electrons. The predicted molar refractivity (Wildman–Crippen MR) is 80.1 cm³/mol. The molecule has 6 nitrogen and oxygen atoms in total. The molecule has 10 heteroatoms. The van der Waals surface area contributed by atoms with E-state index in [0.717, 1.165) is 22.9 Å². The number of amides is 1. The molecule has 0 aliphatic rings. The molecule has 0 spiro atoms. The molecule has 1 aromatic heterocycles. The van der Waals surface area contributed by atoms with Gasteiger partial charge >= 0.3 is 6.18 Å². The van der Waals surface area contributed by atoms with Crippen molar-refractivity contribution in [1.29, 1.82) is 0 Å². The monoisotopic (exact) mass is 345 g/mol. The van der Waals surface area contributed by atoms with Gasteiger partial charge in [-0.1, -0.05) is 36.0 Å². The zero-order valence-electron chi connectivity index (χ0n) is 12.1. The molecule has 1 heterocycles. The first-order valence-electron chi connectivity index (χ1n) is 6.50. The number of benzene rings is 1. The number of carbonyl (C=O) groups excluding carboxylic acids is 1. The van der Waals surface area contributed by atoms with Gasteiger partial charge in [-0.2, -0.15) is 13.2 Å². The highest BCUT2D eigenvalue weighted by molar-refractivity contribution is 7.99. The van der Waals surface area contributed by atoms with E-state index in [1.807, 2.05) is 31.2 Å². The largest absolute Gasteiger partial charge is 0.405 e. The first-order valence-corrected chi connectivity index (χ1v) is 7.49. The van der Waals surface area contributed by atoms with Gasteiger partial charge in [0.2, 0.25) is 11.1 Å². The zero-order valence-corrected chi connectivity index (χ0v) is 12.9. The van der Waals surface area contributed by atoms with E-state index in [0.29, 0.717) is 5.82 Å². The number of nitrogens with one attached hydrogen (secondary N) is 1. The summed E-state index contributed by atoms with van der Waals surface area (Å²) >= 11 is 0.912. The summed E-state index contributed by atoms with van der Waals surface area (Å²) in [6, 6.07) is 7.42. The molecule has 0 aliphatic carbocycles. The molecule has 0 radical (unpaired) electrons. The Morgan fingerprint density at radius 1 is 1.35 bits per heavy atom. The van der Waals surface area contributed by atoms with Gasteiger partial charge in [0.25, 0.3) is 0 Å². The standard InChI is InChI=1S/C13H14F3N5OS/c1-8-4-2-3-5-9(8)11-19-20-12(21(11)17)23-6-10(22)18-7-13(14,15)16/h2-5H,6-7,17H2,1H3,(H,18,22). The molecule has 1 aromatic carbocycles. The summed E-state index contributed by atoms with van der Waals surface area (Å²) in [7, 11) is 0. The lowest BCUT2D eigenvalue weighted by atomic mass is 10.1. The number of carbonyl (C=O) groups is 1. The van der Waals surface area contributed by atoms with E-state index in [2.05, 4.69) is 10.2 Å². The van der Waals surface area contributed by atoms with E-state index in [1.165, 1.54) is 4.68 Å². The van der Waals surface area contributed by atoms with E-state index >= 15 is 0 Å². The second kappa shape index (κ2) is 6.90. The minimum absolute atomic E-state index is 0.237. The number of rotatable bonds is 5. The van der Waals surface area contributed by atoms with Crippen LogP contribution in [0.15, 0.2) is 29.4 Å². The smallest absolute Gasteiger partial charge is 0.346 e. The molecule has 0 saturated heterocycles. The van der Waals surface area contributed by atoms with E-state index in [9.17, 15) is 18.0 Å². The van der Waals surface area contributed by atoms with Crippen molar-refractivity contribution in [3.63, 3.8) is 0 Å². The molecule has 23 heavy (non-hydrogen) atoms. The lowest BCUT2D eigenvalue weighted by Gasteiger charge is -2.08. The summed E-state index contributed by atoms with van der Waals surface area (Å²) in [4.78, 5) is 11.4. The number of halogens is 3. The van der Waals surface area contributed by atoms with Crippen molar-refractivity contribution in [2.45, 2.75) is 18.3 Å². The Bertz CT molecular complexity index is 701. The topological polar surface area (TPSA) is 85.8 Å². The van der Waals surface area contributed by atoms with Crippen LogP contribution < -0.4 is 11.2 Å². The number of aromatic nitrogens is 3. The van der Waals surface area contributed by atoms with E-state index in [4.69, 9.17) is 5.84 Å². The molecule has 2 aromatic rings. The minimum atomic E-state index is -4.44. The van der Waals surface area contributed by atoms with E-state index in [-0.39, 0.29) is 10.9 Å². The van der Waals surface area contributed by atoms with Crippen molar-refractivity contribution in [3.05, 3.63) is 29.8 Å². The van der Waals surface area contributed by atoms with Gasteiger partial charge in [-0.05, 0) is 12.5 Å². The average Bonchev–Trinajstić information content (AvgIpc) is 2.84. The van der Waals surface area contributed by atoms with Gasteiger partial charge in [0, 0.05) is 5.56 Å². The summed E-state index contributed by atoms with van der Waals surface area (Å²) in [6.45, 7) is 0.525. The lowest BCUT2D eigenvalue weighted by Crippen LogP contribution is -2.34. The number of nitrogens with zero attached hydrogens (tertiary/aromatic N) is 3. The first-order chi connectivity index (χ1) is 10.8. The van der Waals surface area contributed by atoms with Gasteiger partial charge in [0.15, 0.2) is 5.82 Å². The summed E-state index contributed by atoms with van der Waals surface area (Å²) in [6.07, 6.45) is -4.44. The van der Waals surface area contributed by atoms with Crippen LogP contribution in [-0.4, -0.2) is 39.3 Å². The predicted octanol–water partition coefficient (Wildman–Crippen LogP) is 1.74. The Morgan fingerprint density at radius 2 is 2.04 bits per heavy atom. The van der Waals surface area contributed by atoms with Gasteiger partial charge in [0.1, 0.15) is 6.54 Å². The van der Waals surface area contributed by atoms with Crippen LogP contribution in [-0.2, 0) is 4.79 Å². The third-order valence-corrected chi connectivity index (χ3v) is 3.81. The van der Waals surface area contributed by atoms with E-state index in [1.54, 1.807) is 5.32 Å². The number of thioether (sulfide) groups is 1. The minimum Gasteiger partial charge on any atom is -0.346 e. The highest BCUT2D eigenvalue weighted by Gasteiger charge is 2.27. The highest BCUT2D eigenvalue weighted by atomic mass is 32.2. The number of nitrogens with two attached hydrogens (primary N) is 1. The van der Waals surface area contributed by atoms with Gasteiger partial charge in [-0.25, -0.2) is 4.68 Å². The fourth-order valence-electron chi connectivity index (χ4n) is 1.76. The fraction of sp³-hybridized carbons (Fsp3) is 0.308. The average molecular weight is 345 g/mol. The quantitative estimate of drug-likeness (QED) is 0.637. The van der Waals surface area contributed by atoms with Crippen molar-refractivity contribution in [2.75, 3.05) is 18.1 Å². The molecule has 0 bridgehead atoms. The SMILES string of the molecule is Cc1ccccc1-c1nnc(SCC(=O)NCC(F)(F)F)n1N. The van der Waals surface area contributed by atoms with Crippen LogP contribution in [0.3, 0.4) is 0 Å². The molecule has 0 aliphatic heterocycles. The molecular weight excluding hydrogens is 331 g/mol. The van der Waals surface area contributed by atoms with Crippen LogP contribution >= 0.6 is 11.8 Å². The van der Waals surface area contributed by atoms with Crippen molar-refractivity contribution in [1.82, 2.24) is 20.2 Å². The Kier molecular flexibility index (Phi) is 5.14. The van der Waals surface area contributed by atoms with Crippen LogP contribution in [0, 0.1) is 6.92 Å². The molecule has 2 rings (SSSR count). The summed E-state index contributed by atoms with van der Waals surface area (Å²) in [5.41, 5.74) is 1.74. The Morgan fingerprint density at radius 3 is 2.70 bits per heavy atom. The Labute approximate surface area is 134 Å². The molecule has 0 saturated carbocycles. The normalized spacial score (nSPS) is 11.5. The van der Waals surface area contributed by atoms with Gasteiger partial charge < -0.3 is 11.2 Å². The Balaban J connectivity index is 2.01. The molecule has 3 N–H and O–H groups in total. The number of hydrogen-bond acceptors (Lipinski definition) is 5. The van der Waals surface area contributed by atoms with E-state index < -0.39 is 18.6 Å². The maximum atomic E-state index is 12.0. The fourth-order valence-corrected chi connectivity index (χ4v) is 2.45. The van der Waals surface area contributed by atoms with Crippen molar-refractivity contribution in [2.24, 2.45) is 0 Å².